The van der Waals surface area contributed by atoms with E-state index in [1.54, 1.807) is 6.92 Å². The molecule has 11 heavy (non-hydrogen) atoms. The quantitative estimate of drug-likeness (QED) is 0.326. The van der Waals surface area contributed by atoms with E-state index in [0.717, 1.165) is 12.8 Å². The number of fused-ring (bicyclic) bond motifs is 2. The van der Waals surface area contributed by atoms with Crippen molar-refractivity contribution in [2.45, 2.75) is 25.3 Å². The topological polar surface area (TPSA) is 43.1 Å². The van der Waals surface area contributed by atoms with Crippen LogP contribution in [0.5, 0.6) is 0 Å². The average molecular weight is 153 g/mol. The summed E-state index contributed by atoms with van der Waals surface area (Å²) in [6.45, 7) is 1.77. The van der Waals surface area contributed by atoms with Gasteiger partial charge in [-0.05, 0) is 12.3 Å². The fourth-order valence-electron chi connectivity index (χ4n) is 2.28. The summed E-state index contributed by atoms with van der Waals surface area (Å²) in [5.41, 5.74) is -0.653. The molecule has 0 spiro atoms. The molecular weight excluding hydrogens is 142 g/mol. The molecule has 0 N–H and O–H groups in total. The van der Waals surface area contributed by atoms with Crippen molar-refractivity contribution in [3.05, 3.63) is 22.3 Å². The fourth-order valence-corrected chi connectivity index (χ4v) is 2.28. The summed E-state index contributed by atoms with van der Waals surface area (Å²) in [5, 5.41) is 10.7. The van der Waals surface area contributed by atoms with Crippen LogP contribution >= 0.6 is 0 Å². The Bertz CT molecular complexity index is 236. The molecule has 3 nitrogen and oxygen atoms in total. The van der Waals surface area contributed by atoms with E-state index < -0.39 is 5.54 Å². The number of nitrogens with zero attached hydrogens (tertiary/aromatic N) is 1. The zero-order valence-electron chi connectivity index (χ0n) is 6.49. The van der Waals surface area contributed by atoms with Crippen LogP contribution in [-0.4, -0.2) is 10.5 Å². The van der Waals surface area contributed by atoms with Gasteiger partial charge in [-0.15, -0.1) is 0 Å². The molecular formula is C8H11NO2. The highest BCUT2D eigenvalue weighted by Crippen LogP contribution is 2.47. The molecule has 2 bridgehead atoms. The number of hydrogen-bond acceptors (Lipinski definition) is 2. The second kappa shape index (κ2) is 1.84. The number of hydrogen-bond donors (Lipinski definition) is 0. The summed E-state index contributed by atoms with van der Waals surface area (Å²) >= 11 is 0. The first kappa shape index (κ1) is 6.83. The first-order valence-electron chi connectivity index (χ1n) is 3.96. The van der Waals surface area contributed by atoms with Crippen molar-refractivity contribution in [2.24, 2.45) is 11.8 Å². The Kier molecular flexibility index (Phi) is 1.14. The number of allylic oxidation sites excluding steroid dienone is 1. The van der Waals surface area contributed by atoms with Gasteiger partial charge in [-0.2, -0.15) is 0 Å². The van der Waals surface area contributed by atoms with E-state index in [9.17, 15) is 10.1 Å². The third-order valence-electron chi connectivity index (χ3n) is 3.06. The van der Waals surface area contributed by atoms with Gasteiger partial charge in [0.2, 0.25) is 5.54 Å². The molecule has 3 atom stereocenters. The molecule has 0 aliphatic heterocycles. The molecule has 0 aromatic carbocycles. The van der Waals surface area contributed by atoms with Crippen molar-refractivity contribution in [3.8, 4) is 0 Å². The molecule has 1 saturated carbocycles. The fraction of sp³-hybridized carbons (Fsp3) is 0.750. The van der Waals surface area contributed by atoms with Gasteiger partial charge >= 0.3 is 0 Å². The Morgan fingerprint density at radius 2 is 2.36 bits per heavy atom. The van der Waals surface area contributed by atoms with Gasteiger partial charge in [-0.3, -0.25) is 10.1 Å². The lowest BCUT2D eigenvalue weighted by atomic mass is 9.87. The Labute approximate surface area is 65.2 Å². The minimum Gasteiger partial charge on any atom is -0.264 e. The summed E-state index contributed by atoms with van der Waals surface area (Å²) in [6.07, 6.45) is 5.87. The zero-order valence-corrected chi connectivity index (χ0v) is 6.49. The van der Waals surface area contributed by atoms with Crippen LogP contribution in [-0.2, 0) is 0 Å². The van der Waals surface area contributed by atoms with Crippen molar-refractivity contribution in [1.29, 1.82) is 0 Å². The van der Waals surface area contributed by atoms with E-state index >= 15 is 0 Å². The standard InChI is InChI=1S/C8H11NO2/c1-8(9(10)11)5-6-2-3-7(8)4-6/h2-3,6-7H,4-5H2,1H3/t6-,7-,8+/m0/s1. The van der Waals surface area contributed by atoms with Gasteiger partial charge < -0.3 is 0 Å². The third-order valence-corrected chi connectivity index (χ3v) is 3.06. The molecule has 0 aromatic rings. The molecule has 3 heteroatoms. The van der Waals surface area contributed by atoms with Crippen LogP contribution in [0.15, 0.2) is 12.2 Å². The summed E-state index contributed by atoms with van der Waals surface area (Å²) in [7, 11) is 0. The van der Waals surface area contributed by atoms with Gasteiger partial charge in [0.05, 0.1) is 0 Å². The summed E-state index contributed by atoms with van der Waals surface area (Å²) in [6, 6.07) is 0. The number of nitro groups is 1. The van der Waals surface area contributed by atoms with Gasteiger partial charge in [0.15, 0.2) is 0 Å². The Morgan fingerprint density at radius 1 is 1.64 bits per heavy atom. The van der Waals surface area contributed by atoms with Crippen molar-refractivity contribution >= 4 is 0 Å². The molecule has 2 aliphatic rings. The summed E-state index contributed by atoms with van der Waals surface area (Å²) in [4.78, 5) is 10.6. The molecule has 0 saturated heterocycles. The largest absolute Gasteiger partial charge is 0.264 e. The second-order valence-corrected chi connectivity index (χ2v) is 3.81. The molecule has 2 aliphatic carbocycles. The predicted octanol–water partition coefficient (Wildman–Crippen LogP) is 1.62. The van der Waals surface area contributed by atoms with E-state index in [1.165, 1.54) is 0 Å². The smallest absolute Gasteiger partial charge is 0.226 e. The maximum atomic E-state index is 10.7. The predicted molar refractivity (Wildman–Crippen MR) is 40.8 cm³/mol. The Morgan fingerprint density at radius 3 is 2.64 bits per heavy atom. The minimum atomic E-state index is -0.653. The SMILES string of the molecule is C[C@@]1([N+](=O)[O-])C[C@H]2C=C[C@H]1C2. The van der Waals surface area contributed by atoms with E-state index in [2.05, 4.69) is 6.08 Å². The van der Waals surface area contributed by atoms with Crippen molar-refractivity contribution < 1.29 is 4.92 Å². The van der Waals surface area contributed by atoms with Gasteiger partial charge in [0.1, 0.15) is 0 Å². The monoisotopic (exact) mass is 153 g/mol. The van der Waals surface area contributed by atoms with Crippen molar-refractivity contribution in [3.63, 3.8) is 0 Å². The van der Waals surface area contributed by atoms with Gasteiger partial charge in [-0.25, -0.2) is 0 Å². The molecule has 0 aromatic heterocycles. The maximum absolute atomic E-state index is 10.7. The molecule has 0 heterocycles. The van der Waals surface area contributed by atoms with E-state index in [-0.39, 0.29) is 10.8 Å². The van der Waals surface area contributed by atoms with Crippen molar-refractivity contribution in [2.75, 3.05) is 0 Å². The summed E-state index contributed by atoms with van der Waals surface area (Å²) in [5.74, 6) is 0.679. The van der Waals surface area contributed by atoms with Crippen LogP contribution in [0.25, 0.3) is 0 Å². The number of rotatable bonds is 1. The maximum Gasteiger partial charge on any atom is 0.226 e. The Balaban J connectivity index is 2.30. The van der Waals surface area contributed by atoms with Gasteiger partial charge in [-0.1, -0.05) is 12.2 Å². The van der Waals surface area contributed by atoms with E-state index in [0.29, 0.717) is 5.92 Å². The first-order valence-corrected chi connectivity index (χ1v) is 3.96. The molecule has 60 valence electrons. The molecule has 1 fully saturated rings. The second-order valence-electron chi connectivity index (χ2n) is 3.81. The highest BCUT2D eigenvalue weighted by Gasteiger charge is 2.54. The van der Waals surface area contributed by atoms with Crippen LogP contribution < -0.4 is 0 Å². The minimum absolute atomic E-state index is 0.110. The average Bonchev–Trinajstić information content (AvgIpc) is 2.45. The van der Waals surface area contributed by atoms with Crippen LogP contribution in [0.2, 0.25) is 0 Å². The Hall–Kier alpha value is -0.860. The van der Waals surface area contributed by atoms with Gasteiger partial charge in [0, 0.05) is 24.2 Å². The van der Waals surface area contributed by atoms with Crippen molar-refractivity contribution in [1.82, 2.24) is 0 Å². The van der Waals surface area contributed by atoms with Crippen LogP contribution in [0, 0.1) is 22.0 Å². The van der Waals surface area contributed by atoms with Crippen LogP contribution in [0.4, 0.5) is 0 Å². The lowest BCUT2D eigenvalue weighted by molar-refractivity contribution is -0.570. The highest BCUT2D eigenvalue weighted by molar-refractivity contribution is 5.15. The zero-order chi connectivity index (χ0) is 8.06. The van der Waals surface area contributed by atoms with E-state index in [1.807, 2.05) is 6.08 Å². The lowest BCUT2D eigenvalue weighted by Gasteiger charge is -2.21. The first-order chi connectivity index (χ1) is 5.13. The van der Waals surface area contributed by atoms with E-state index in [4.69, 9.17) is 0 Å². The lowest BCUT2D eigenvalue weighted by Crippen LogP contribution is -2.38. The van der Waals surface area contributed by atoms with Crippen LogP contribution in [0.3, 0.4) is 0 Å². The molecule has 2 rings (SSSR count). The van der Waals surface area contributed by atoms with Crippen LogP contribution in [0.1, 0.15) is 19.8 Å². The third kappa shape index (κ3) is 0.737. The molecule has 0 unspecified atom stereocenters. The normalized spacial score (nSPS) is 46.6. The highest BCUT2D eigenvalue weighted by atomic mass is 16.6. The molecule has 0 radical (unpaired) electrons. The van der Waals surface area contributed by atoms with Gasteiger partial charge in [0.25, 0.3) is 0 Å². The summed E-state index contributed by atoms with van der Waals surface area (Å²) < 4.78 is 0. The molecule has 0 amide bonds.